The molecule has 0 bridgehead atoms. The van der Waals surface area contributed by atoms with Crippen LogP contribution in [0.2, 0.25) is 0 Å². The summed E-state index contributed by atoms with van der Waals surface area (Å²) in [4.78, 5) is 1.17. The van der Waals surface area contributed by atoms with Crippen molar-refractivity contribution in [2.24, 2.45) is 0 Å². The molecule has 1 aliphatic heterocycles. The van der Waals surface area contributed by atoms with Crippen LogP contribution in [0.3, 0.4) is 0 Å². The van der Waals surface area contributed by atoms with Gasteiger partial charge in [-0.15, -0.1) is 11.3 Å². The van der Waals surface area contributed by atoms with Gasteiger partial charge in [-0.3, -0.25) is 0 Å². The smallest absolute Gasteiger partial charge is 0.122 e. The topological polar surface area (TPSA) is 45.0 Å². The van der Waals surface area contributed by atoms with Gasteiger partial charge in [0.25, 0.3) is 0 Å². The molecule has 1 aromatic carbocycles. The fourth-order valence-electron chi connectivity index (χ4n) is 2.02. The number of hydrogen-bond donors (Lipinski definition) is 1. The van der Waals surface area contributed by atoms with E-state index in [4.69, 9.17) is 10.00 Å². The number of nitrogens with zero attached hydrogens (tertiary/aromatic N) is 1. The first kappa shape index (κ1) is 11.1. The van der Waals surface area contributed by atoms with Gasteiger partial charge in [-0.1, -0.05) is 0 Å². The number of thiophene rings is 1. The maximum atomic E-state index is 8.76. The minimum absolute atomic E-state index is 0.735. The highest BCUT2D eigenvalue weighted by Gasteiger charge is 2.11. The molecule has 2 aromatic rings. The molecule has 0 radical (unpaired) electrons. The fourth-order valence-corrected chi connectivity index (χ4v) is 2.77. The molecule has 0 saturated carbocycles. The molecule has 18 heavy (non-hydrogen) atoms. The molecule has 0 aliphatic carbocycles. The zero-order valence-corrected chi connectivity index (χ0v) is 10.6. The van der Waals surface area contributed by atoms with E-state index < -0.39 is 0 Å². The van der Waals surface area contributed by atoms with Crippen LogP contribution in [0.15, 0.2) is 29.6 Å². The van der Waals surface area contributed by atoms with Crippen molar-refractivity contribution >= 4 is 17.0 Å². The predicted molar refractivity (Wildman–Crippen MR) is 72.0 cm³/mol. The third kappa shape index (κ3) is 2.18. The number of anilines is 1. The molecule has 3 nitrogen and oxygen atoms in total. The van der Waals surface area contributed by atoms with Gasteiger partial charge in [0.15, 0.2) is 0 Å². The molecule has 90 valence electrons. The van der Waals surface area contributed by atoms with Crippen molar-refractivity contribution < 1.29 is 4.74 Å². The van der Waals surface area contributed by atoms with Crippen molar-refractivity contribution in [2.75, 3.05) is 11.9 Å². The monoisotopic (exact) mass is 256 g/mol. The lowest BCUT2D eigenvalue weighted by molar-refractivity contribution is 0.357. The Morgan fingerprint density at radius 2 is 2.33 bits per heavy atom. The number of hydrogen-bond acceptors (Lipinski definition) is 4. The van der Waals surface area contributed by atoms with E-state index in [9.17, 15) is 0 Å². The summed E-state index contributed by atoms with van der Waals surface area (Å²) in [5, 5.41) is 14.0. The van der Waals surface area contributed by atoms with E-state index in [0.717, 1.165) is 36.6 Å². The van der Waals surface area contributed by atoms with Crippen LogP contribution in [0.4, 0.5) is 5.69 Å². The van der Waals surface area contributed by atoms with Gasteiger partial charge in [-0.25, -0.2) is 0 Å². The molecule has 0 atom stereocenters. The van der Waals surface area contributed by atoms with E-state index in [1.807, 2.05) is 23.6 Å². The molecule has 0 amide bonds. The zero-order valence-electron chi connectivity index (χ0n) is 9.77. The number of ether oxygens (including phenoxy) is 1. The third-order valence-corrected chi connectivity index (χ3v) is 3.88. The lowest BCUT2D eigenvalue weighted by Gasteiger charge is -2.06. The van der Waals surface area contributed by atoms with Crippen LogP contribution in [0.1, 0.15) is 16.0 Å². The Kier molecular flexibility index (Phi) is 2.91. The number of benzene rings is 1. The summed E-state index contributed by atoms with van der Waals surface area (Å²) in [5.74, 6) is 1.00. The summed E-state index contributed by atoms with van der Waals surface area (Å²) >= 11 is 1.61. The Balaban J connectivity index is 1.68. The van der Waals surface area contributed by atoms with Crippen molar-refractivity contribution in [3.8, 4) is 11.8 Å². The molecule has 0 saturated heterocycles. The van der Waals surface area contributed by atoms with Crippen LogP contribution in [0.5, 0.6) is 5.75 Å². The molecule has 1 aromatic heterocycles. The normalized spacial score (nSPS) is 12.6. The summed E-state index contributed by atoms with van der Waals surface area (Å²) in [6.45, 7) is 1.54. The Labute approximate surface area is 110 Å². The average molecular weight is 256 g/mol. The summed E-state index contributed by atoms with van der Waals surface area (Å²) in [7, 11) is 0. The maximum Gasteiger partial charge on any atom is 0.122 e. The summed E-state index contributed by atoms with van der Waals surface area (Å²) in [6.07, 6.45) is 0.989. The van der Waals surface area contributed by atoms with Gasteiger partial charge >= 0.3 is 0 Å². The number of rotatable bonds is 3. The van der Waals surface area contributed by atoms with Crippen molar-refractivity contribution in [3.05, 3.63) is 45.6 Å². The van der Waals surface area contributed by atoms with Gasteiger partial charge in [0.2, 0.25) is 0 Å². The standard InChI is InChI=1S/C14H12N2OS/c15-7-10-5-13(18-9-10)8-16-12-1-2-14-11(6-12)3-4-17-14/h1-2,5-6,9,16H,3-4,8H2. The Hall–Kier alpha value is -1.99. The molecule has 0 fully saturated rings. The van der Waals surface area contributed by atoms with E-state index >= 15 is 0 Å². The van der Waals surface area contributed by atoms with Crippen LogP contribution < -0.4 is 10.1 Å². The maximum absolute atomic E-state index is 8.76. The number of fused-ring (bicyclic) bond motifs is 1. The molecule has 4 heteroatoms. The predicted octanol–water partition coefficient (Wildman–Crippen LogP) is 3.17. The van der Waals surface area contributed by atoms with Gasteiger partial charge in [-0.05, 0) is 29.8 Å². The molecule has 1 aliphatic rings. The average Bonchev–Trinajstić information content (AvgIpc) is 3.04. The molecule has 1 N–H and O–H groups in total. The summed E-state index contributed by atoms with van der Waals surface area (Å²) < 4.78 is 5.47. The molecule has 2 heterocycles. The van der Waals surface area contributed by atoms with E-state index in [2.05, 4.69) is 17.5 Å². The first-order chi connectivity index (χ1) is 8.85. The third-order valence-electron chi connectivity index (χ3n) is 2.94. The fraction of sp³-hybridized carbons (Fsp3) is 0.214. The Morgan fingerprint density at radius 1 is 1.39 bits per heavy atom. The molecule has 0 spiro atoms. The lowest BCUT2D eigenvalue weighted by atomic mass is 10.1. The highest BCUT2D eigenvalue weighted by atomic mass is 32.1. The Bertz CT molecular complexity index is 612. The second-order valence-electron chi connectivity index (χ2n) is 4.19. The van der Waals surface area contributed by atoms with E-state index in [0.29, 0.717) is 0 Å². The molecular formula is C14H12N2OS. The van der Waals surface area contributed by atoms with Crippen molar-refractivity contribution in [2.45, 2.75) is 13.0 Å². The first-order valence-electron chi connectivity index (χ1n) is 5.82. The second-order valence-corrected chi connectivity index (χ2v) is 5.18. The van der Waals surface area contributed by atoms with Crippen molar-refractivity contribution in [1.29, 1.82) is 5.26 Å². The molecule has 3 rings (SSSR count). The first-order valence-corrected chi connectivity index (χ1v) is 6.70. The highest BCUT2D eigenvalue weighted by Crippen LogP contribution is 2.28. The minimum Gasteiger partial charge on any atom is -0.493 e. The van der Waals surface area contributed by atoms with Gasteiger partial charge in [0.05, 0.1) is 12.2 Å². The van der Waals surface area contributed by atoms with Gasteiger partial charge < -0.3 is 10.1 Å². The minimum atomic E-state index is 0.735. The summed E-state index contributed by atoms with van der Waals surface area (Å²) in [5.41, 5.74) is 3.11. The molecule has 0 unspecified atom stereocenters. The zero-order chi connectivity index (χ0) is 12.4. The van der Waals surface area contributed by atoms with Crippen molar-refractivity contribution in [3.63, 3.8) is 0 Å². The summed E-state index contributed by atoms with van der Waals surface area (Å²) in [6, 6.07) is 10.3. The van der Waals surface area contributed by atoms with Gasteiger partial charge in [0.1, 0.15) is 11.8 Å². The van der Waals surface area contributed by atoms with E-state index in [1.165, 1.54) is 10.4 Å². The SMILES string of the molecule is N#Cc1csc(CNc2ccc3c(c2)CCO3)c1. The van der Waals surface area contributed by atoms with Crippen LogP contribution in [-0.2, 0) is 13.0 Å². The van der Waals surface area contributed by atoms with E-state index in [-0.39, 0.29) is 0 Å². The number of nitrogens with one attached hydrogen (secondary N) is 1. The van der Waals surface area contributed by atoms with Crippen LogP contribution >= 0.6 is 11.3 Å². The van der Waals surface area contributed by atoms with Gasteiger partial charge in [0, 0.05) is 28.9 Å². The quantitative estimate of drug-likeness (QED) is 0.917. The van der Waals surface area contributed by atoms with Gasteiger partial charge in [-0.2, -0.15) is 5.26 Å². The van der Waals surface area contributed by atoms with Crippen LogP contribution in [0, 0.1) is 11.3 Å². The van der Waals surface area contributed by atoms with Crippen LogP contribution in [-0.4, -0.2) is 6.61 Å². The van der Waals surface area contributed by atoms with Crippen molar-refractivity contribution in [1.82, 2.24) is 0 Å². The Morgan fingerprint density at radius 3 is 3.17 bits per heavy atom. The largest absolute Gasteiger partial charge is 0.493 e. The highest BCUT2D eigenvalue weighted by molar-refractivity contribution is 7.10. The van der Waals surface area contributed by atoms with Crippen LogP contribution in [0.25, 0.3) is 0 Å². The molecular weight excluding hydrogens is 244 g/mol. The van der Waals surface area contributed by atoms with E-state index in [1.54, 1.807) is 11.3 Å². The second kappa shape index (κ2) is 4.71. The number of nitriles is 1. The lowest BCUT2D eigenvalue weighted by Crippen LogP contribution is -1.97.